The number of hydrogen-bond donors (Lipinski definition) is 3. The third kappa shape index (κ3) is 8.34. The standard InChI is InChI=1S/C13H23F3N4O/c1-3-6-20(7-4-2)8-5-19-12(21)10(17)9-11(18)13(14,15)16/h9,18H,3-8,17H2,1-2H3,(H,19,21)/b10-9-,18-11?. The Morgan fingerprint density at radius 3 is 2.19 bits per heavy atom. The van der Waals surface area contributed by atoms with Crippen molar-refractivity contribution < 1.29 is 18.0 Å². The van der Waals surface area contributed by atoms with Crippen molar-refractivity contribution in [2.45, 2.75) is 32.9 Å². The highest BCUT2D eigenvalue weighted by molar-refractivity contribution is 6.04. The first-order chi connectivity index (χ1) is 9.72. The quantitative estimate of drug-likeness (QED) is 0.447. The molecule has 0 saturated heterocycles. The molecule has 0 aromatic carbocycles. The molecule has 0 aliphatic rings. The molecule has 0 atom stereocenters. The predicted octanol–water partition coefficient (Wildman–Crippen LogP) is 1.65. The van der Waals surface area contributed by atoms with Crippen molar-refractivity contribution in [2.75, 3.05) is 26.2 Å². The molecule has 4 N–H and O–H groups in total. The number of nitrogens with zero attached hydrogens (tertiary/aromatic N) is 1. The SMILES string of the molecule is CCCN(CCC)CCNC(=O)/C(N)=C/C(=N)C(F)(F)F. The summed E-state index contributed by atoms with van der Waals surface area (Å²) in [6, 6.07) is 0. The maximum Gasteiger partial charge on any atom is 0.432 e. The van der Waals surface area contributed by atoms with Gasteiger partial charge in [0.2, 0.25) is 0 Å². The van der Waals surface area contributed by atoms with Crippen molar-refractivity contribution in [1.29, 1.82) is 5.41 Å². The van der Waals surface area contributed by atoms with Gasteiger partial charge in [-0.15, -0.1) is 0 Å². The summed E-state index contributed by atoms with van der Waals surface area (Å²) in [4.78, 5) is 13.7. The number of carbonyl (C=O) groups excluding carboxylic acids is 1. The van der Waals surface area contributed by atoms with E-state index in [1.807, 2.05) is 13.8 Å². The van der Waals surface area contributed by atoms with Gasteiger partial charge in [-0.05, 0) is 32.0 Å². The second-order valence-electron chi connectivity index (χ2n) is 4.61. The van der Waals surface area contributed by atoms with Gasteiger partial charge in [-0.1, -0.05) is 13.8 Å². The lowest BCUT2D eigenvalue weighted by Gasteiger charge is -2.20. The third-order valence-electron chi connectivity index (χ3n) is 2.66. The Morgan fingerprint density at radius 2 is 1.76 bits per heavy atom. The highest BCUT2D eigenvalue weighted by atomic mass is 19.4. The molecule has 0 heterocycles. The van der Waals surface area contributed by atoms with E-state index in [2.05, 4.69) is 10.2 Å². The maximum atomic E-state index is 12.1. The lowest BCUT2D eigenvalue weighted by atomic mass is 10.2. The Morgan fingerprint density at radius 1 is 1.24 bits per heavy atom. The summed E-state index contributed by atoms with van der Waals surface area (Å²) in [5, 5.41) is 9.20. The van der Waals surface area contributed by atoms with E-state index >= 15 is 0 Å². The number of carbonyl (C=O) groups is 1. The van der Waals surface area contributed by atoms with Crippen LogP contribution in [-0.4, -0.2) is 48.9 Å². The molecule has 0 saturated carbocycles. The first kappa shape index (κ1) is 19.4. The number of alkyl halides is 3. The molecule has 0 rings (SSSR count). The summed E-state index contributed by atoms with van der Waals surface area (Å²) in [5.41, 5.74) is 2.98. The number of nitrogens with two attached hydrogens (primary N) is 1. The number of nitrogens with one attached hydrogen (secondary N) is 2. The second-order valence-corrected chi connectivity index (χ2v) is 4.61. The Kier molecular flexibility index (Phi) is 8.68. The zero-order valence-electron chi connectivity index (χ0n) is 12.4. The van der Waals surface area contributed by atoms with Gasteiger partial charge >= 0.3 is 6.18 Å². The van der Waals surface area contributed by atoms with Crippen LogP contribution in [0.15, 0.2) is 11.8 Å². The van der Waals surface area contributed by atoms with Crippen LogP contribution in [0.25, 0.3) is 0 Å². The van der Waals surface area contributed by atoms with Crippen LogP contribution in [0, 0.1) is 5.41 Å². The Hall–Kier alpha value is -1.57. The van der Waals surface area contributed by atoms with Crippen LogP contribution in [0.1, 0.15) is 26.7 Å². The first-order valence-electron chi connectivity index (χ1n) is 6.85. The molecular weight excluding hydrogens is 285 g/mol. The minimum Gasteiger partial charge on any atom is -0.394 e. The van der Waals surface area contributed by atoms with Crippen LogP contribution in [-0.2, 0) is 4.79 Å². The molecule has 0 unspecified atom stereocenters. The third-order valence-corrected chi connectivity index (χ3v) is 2.66. The summed E-state index contributed by atoms with van der Waals surface area (Å²) in [6.07, 6.45) is -2.51. The molecule has 0 aromatic rings. The molecule has 21 heavy (non-hydrogen) atoms. The van der Waals surface area contributed by atoms with Crippen LogP contribution in [0.3, 0.4) is 0 Å². The molecule has 0 aliphatic heterocycles. The Labute approximate surface area is 122 Å². The molecular formula is C13H23F3N4O. The van der Waals surface area contributed by atoms with Crippen molar-refractivity contribution >= 4 is 11.6 Å². The fraction of sp³-hybridized carbons (Fsp3) is 0.692. The van der Waals surface area contributed by atoms with Crippen LogP contribution >= 0.6 is 0 Å². The molecule has 0 aliphatic carbocycles. The average molecular weight is 308 g/mol. The molecule has 0 radical (unpaired) electrons. The minimum absolute atomic E-state index is 0.298. The zero-order valence-corrected chi connectivity index (χ0v) is 12.4. The van der Waals surface area contributed by atoms with E-state index in [9.17, 15) is 18.0 Å². The van der Waals surface area contributed by atoms with Gasteiger partial charge in [0.25, 0.3) is 5.91 Å². The highest BCUT2D eigenvalue weighted by Gasteiger charge is 2.33. The summed E-state index contributed by atoms with van der Waals surface area (Å²) in [5.74, 6) is -0.794. The fourth-order valence-electron chi connectivity index (χ4n) is 1.70. The zero-order chi connectivity index (χ0) is 16.5. The molecule has 0 aromatic heterocycles. The van der Waals surface area contributed by atoms with E-state index in [1.54, 1.807) is 0 Å². The van der Waals surface area contributed by atoms with Crippen molar-refractivity contribution in [1.82, 2.24) is 10.2 Å². The van der Waals surface area contributed by atoms with E-state index in [0.29, 0.717) is 19.2 Å². The van der Waals surface area contributed by atoms with Gasteiger partial charge < -0.3 is 16.0 Å². The van der Waals surface area contributed by atoms with Crippen LogP contribution in [0.2, 0.25) is 0 Å². The lowest BCUT2D eigenvalue weighted by Crippen LogP contribution is -2.38. The van der Waals surface area contributed by atoms with Crippen LogP contribution < -0.4 is 11.1 Å². The van der Waals surface area contributed by atoms with Crippen molar-refractivity contribution in [3.63, 3.8) is 0 Å². The fourth-order valence-corrected chi connectivity index (χ4v) is 1.70. The molecule has 0 bridgehead atoms. The summed E-state index contributed by atoms with van der Waals surface area (Å²) in [6.45, 7) is 6.79. The van der Waals surface area contributed by atoms with Crippen molar-refractivity contribution in [3.8, 4) is 0 Å². The number of amides is 1. The summed E-state index contributed by atoms with van der Waals surface area (Å²) in [7, 11) is 0. The lowest BCUT2D eigenvalue weighted by molar-refractivity contribution is -0.117. The van der Waals surface area contributed by atoms with Crippen molar-refractivity contribution in [2.24, 2.45) is 5.73 Å². The first-order valence-corrected chi connectivity index (χ1v) is 6.85. The van der Waals surface area contributed by atoms with Gasteiger partial charge in [0.05, 0.1) is 5.70 Å². The van der Waals surface area contributed by atoms with Gasteiger partial charge in [-0.2, -0.15) is 13.2 Å². The number of allylic oxidation sites excluding steroid dienone is 1. The van der Waals surface area contributed by atoms with Gasteiger partial charge in [0.15, 0.2) is 0 Å². The average Bonchev–Trinajstić information content (AvgIpc) is 2.37. The summed E-state index contributed by atoms with van der Waals surface area (Å²) < 4.78 is 36.4. The molecule has 0 spiro atoms. The number of hydrogen-bond acceptors (Lipinski definition) is 4. The van der Waals surface area contributed by atoms with Crippen LogP contribution in [0.5, 0.6) is 0 Å². The largest absolute Gasteiger partial charge is 0.432 e. The van der Waals surface area contributed by atoms with E-state index in [4.69, 9.17) is 11.1 Å². The van der Waals surface area contributed by atoms with E-state index < -0.39 is 23.5 Å². The van der Waals surface area contributed by atoms with Crippen molar-refractivity contribution in [3.05, 3.63) is 11.8 Å². The van der Waals surface area contributed by atoms with E-state index in [-0.39, 0.29) is 0 Å². The molecule has 122 valence electrons. The predicted molar refractivity (Wildman–Crippen MR) is 76.1 cm³/mol. The summed E-state index contributed by atoms with van der Waals surface area (Å²) >= 11 is 0. The minimum atomic E-state index is -4.80. The topological polar surface area (TPSA) is 82.2 Å². The molecule has 1 amide bonds. The Bertz CT molecular complexity index is 374. The smallest absolute Gasteiger partial charge is 0.394 e. The normalized spacial score (nSPS) is 12.6. The highest BCUT2D eigenvalue weighted by Crippen LogP contribution is 2.17. The van der Waals surface area contributed by atoms with Gasteiger partial charge in [-0.25, -0.2) is 0 Å². The second kappa shape index (κ2) is 9.38. The monoisotopic (exact) mass is 308 g/mol. The van der Waals surface area contributed by atoms with Gasteiger partial charge in [0, 0.05) is 13.1 Å². The van der Waals surface area contributed by atoms with E-state index in [1.165, 1.54) is 0 Å². The number of halogens is 3. The van der Waals surface area contributed by atoms with Crippen LogP contribution in [0.4, 0.5) is 13.2 Å². The molecule has 0 fully saturated rings. The van der Waals surface area contributed by atoms with Gasteiger partial charge in [-0.3, -0.25) is 10.2 Å². The Balaban J connectivity index is 4.30. The molecule has 8 heteroatoms. The van der Waals surface area contributed by atoms with E-state index in [0.717, 1.165) is 25.9 Å². The maximum absolute atomic E-state index is 12.1. The number of rotatable bonds is 9. The molecule has 5 nitrogen and oxygen atoms in total. The van der Waals surface area contributed by atoms with Gasteiger partial charge in [0.1, 0.15) is 5.71 Å².